The van der Waals surface area contributed by atoms with Gasteiger partial charge in [-0.25, -0.2) is 4.39 Å². The van der Waals surface area contributed by atoms with Crippen LogP contribution in [0, 0.1) is 11.7 Å². The topological polar surface area (TPSA) is 47.3 Å². The highest BCUT2D eigenvalue weighted by Crippen LogP contribution is 2.35. The molecule has 25 heavy (non-hydrogen) atoms. The fraction of sp³-hybridized carbons (Fsp3) is 0.429. The third kappa shape index (κ3) is 4.39. The maximum absolute atomic E-state index is 15.2. The van der Waals surface area contributed by atoms with Gasteiger partial charge in [-0.2, -0.15) is 0 Å². The Bertz CT molecular complexity index is 684. The number of rotatable bonds is 6. The maximum atomic E-state index is 15.2. The van der Waals surface area contributed by atoms with Crippen molar-refractivity contribution in [3.05, 3.63) is 59.4 Å². The first-order chi connectivity index (χ1) is 12.2. The SMILES string of the molecule is CCc1ccc(C(N)CC2CCNCC2)c(F)c1Oc1ccccc1. The van der Waals surface area contributed by atoms with E-state index in [2.05, 4.69) is 5.32 Å². The van der Waals surface area contributed by atoms with Gasteiger partial charge in [-0.3, -0.25) is 0 Å². The number of nitrogens with two attached hydrogens (primary N) is 1. The van der Waals surface area contributed by atoms with Crippen LogP contribution in [0.25, 0.3) is 0 Å². The number of hydrogen-bond acceptors (Lipinski definition) is 3. The van der Waals surface area contributed by atoms with Gasteiger partial charge in [0, 0.05) is 11.6 Å². The Balaban J connectivity index is 1.83. The van der Waals surface area contributed by atoms with Crippen molar-refractivity contribution in [1.29, 1.82) is 0 Å². The van der Waals surface area contributed by atoms with Crippen molar-refractivity contribution in [1.82, 2.24) is 5.32 Å². The normalized spacial score (nSPS) is 16.6. The Morgan fingerprint density at radius 2 is 1.88 bits per heavy atom. The molecule has 1 heterocycles. The van der Waals surface area contributed by atoms with Crippen LogP contribution in [-0.4, -0.2) is 13.1 Å². The van der Waals surface area contributed by atoms with E-state index in [-0.39, 0.29) is 11.9 Å². The third-order valence-corrected chi connectivity index (χ3v) is 5.00. The molecule has 3 rings (SSSR count). The second-order valence-corrected chi connectivity index (χ2v) is 6.76. The minimum Gasteiger partial charge on any atom is -0.454 e. The minimum absolute atomic E-state index is 0.299. The molecule has 1 atom stereocenters. The number of aryl methyl sites for hydroxylation is 1. The molecule has 0 saturated carbocycles. The number of piperidine rings is 1. The number of benzene rings is 2. The van der Waals surface area contributed by atoms with E-state index in [9.17, 15) is 0 Å². The zero-order valence-corrected chi connectivity index (χ0v) is 14.8. The summed E-state index contributed by atoms with van der Waals surface area (Å²) in [6.45, 7) is 4.05. The average Bonchev–Trinajstić information content (AvgIpc) is 2.65. The molecule has 2 aromatic rings. The first kappa shape index (κ1) is 17.9. The fourth-order valence-corrected chi connectivity index (χ4v) is 3.50. The maximum Gasteiger partial charge on any atom is 0.170 e. The lowest BCUT2D eigenvalue weighted by Gasteiger charge is -2.26. The van der Waals surface area contributed by atoms with Gasteiger partial charge < -0.3 is 15.8 Å². The van der Waals surface area contributed by atoms with E-state index >= 15 is 4.39 Å². The standard InChI is InChI=1S/C21H27FN2O/c1-2-16-8-9-18(19(23)14-15-10-12-24-13-11-15)20(22)21(16)25-17-6-4-3-5-7-17/h3-9,15,19,24H,2,10-14,23H2,1H3. The third-order valence-electron chi connectivity index (χ3n) is 5.00. The summed E-state index contributed by atoms with van der Waals surface area (Å²) in [6.07, 6.45) is 3.74. The summed E-state index contributed by atoms with van der Waals surface area (Å²) in [7, 11) is 0. The van der Waals surface area contributed by atoms with Crippen LogP contribution in [0.4, 0.5) is 4.39 Å². The zero-order chi connectivity index (χ0) is 17.6. The van der Waals surface area contributed by atoms with Crippen molar-refractivity contribution in [2.45, 2.75) is 38.6 Å². The first-order valence-corrected chi connectivity index (χ1v) is 9.19. The van der Waals surface area contributed by atoms with E-state index in [1.165, 1.54) is 0 Å². The second kappa shape index (κ2) is 8.45. The molecule has 3 nitrogen and oxygen atoms in total. The highest BCUT2D eigenvalue weighted by atomic mass is 19.1. The van der Waals surface area contributed by atoms with Gasteiger partial charge >= 0.3 is 0 Å². The molecule has 1 aliphatic rings. The van der Waals surface area contributed by atoms with E-state index in [0.717, 1.165) is 37.9 Å². The highest BCUT2D eigenvalue weighted by molar-refractivity contribution is 5.43. The summed E-state index contributed by atoms with van der Waals surface area (Å²) in [5, 5.41) is 3.36. The smallest absolute Gasteiger partial charge is 0.170 e. The highest BCUT2D eigenvalue weighted by Gasteiger charge is 2.23. The van der Waals surface area contributed by atoms with E-state index in [0.29, 0.717) is 29.4 Å². The zero-order valence-electron chi connectivity index (χ0n) is 14.8. The number of nitrogens with one attached hydrogen (secondary N) is 1. The lowest BCUT2D eigenvalue weighted by Crippen LogP contribution is -2.29. The van der Waals surface area contributed by atoms with Crippen molar-refractivity contribution in [2.75, 3.05) is 13.1 Å². The van der Waals surface area contributed by atoms with Crippen molar-refractivity contribution in [2.24, 2.45) is 11.7 Å². The van der Waals surface area contributed by atoms with E-state index < -0.39 is 0 Å². The molecule has 134 valence electrons. The van der Waals surface area contributed by atoms with Crippen LogP contribution in [-0.2, 0) is 6.42 Å². The van der Waals surface area contributed by atoms with Crippen LogP contribution < -0.4 is 15.8 Å². The van der Waals surface area contributed by atoms with Gasteiger partial charge in [-0.05, 0) is 62.4 Å². The lowest BCUT2D eigenvalue weighted by atomic mass is 9.88. The molecular formula is C21H27FN2O. The number of hydrogen-bond donors (Lipinski definition) is 2. The molecule has 3 N–H and O–H groups in total. The Morgan fingerprint density at radius 1 is 1.16 bits per heavy atom. The lowest BCUT2D eigenvalue weighted by molar-refractivity contribution is 0.329. The molecule has 2 aromatic carbocycles. The Kier molecular flexibility index (Phi) is 6.05. The molecule has 1 aliphatic heterocycles. The summed E-state index contributed by atoms with van der Waals surface area (Å²) in [4.78, 5) is 0. The quantitative estimate of drug-likeness (QED) is 0.808. The van der Waals surface area contributed by atoms with E-state index in [1.807, 2.05) is 49.4 Å². The second-order valence-electron chi connectivity index (χ2n) is 6.76. The molecule has 0 amide bonds. The average molecular weight is 342 g/mol. The van der Waals surface area contributed by atoms with E-state index in [1.54, 1.807) is 0 Å². The van der Waals surface area contributed by atoms with Gasteiger partial charge in [-0.1, -0.05) is 37.3 Å². The van der Waals surface area contributed by atoms with Gasteiger partial charge in [-0.15, -0.1) is 0 Å². The van der Waals surface area contributed by atoms with Crippen molar-refractivity contribution in [3.63, 3.8) is 0 Å². The van der Waals surface area contributed by atoms with Crippen molar-refractivity contribution in [3.8, 4) is 11.5 Å². The van der Waals surface area contributed by atoms with Crippen molar-refractivity contribution >= 4 is 0 Å². The van der Waals surface area contributed by atoms with Gasteiger partial charge in [0.1, 0.15) is 5.75 Å². The summed E-state index contributed by atoms with van der Waals surface area (Å²) in [6, 6.07) is 12.8. The molecule has 0 aromatic heterocycles. The largest absolute Gasteiger partial charge is 0.454 e. The van der Waals surface area contributed by atoms with Crippen LogP contribution in [0.3, 0.4) is 0 Å². The van der Waals surface area contributed by atoms with Gasteiger partial charge in [0.05, 0.1) is 0 Å². The summed E-state index contributed by atoms with van der Waals surface area (Å²) < 4.78 is 21.1. The molecule has 0 spiro atoms. The van der Waals surface area contributed by atoms with E-state index in [4.69, 9.17) is 10.5 Å². The fourth-order valence-electron chi connectivity index (χ4n) is 3.50. The van der Waals surface area contributed by atoms with Crippen LogP contribution >= 0.6 is 0 Å². The number of halogens is 1. The molecule has 4 heteroatoms. The monoisotopic (exact) mass is 342 g/mol. The summed E-state index contributed by atoms with van der Waals surface area (Å²) in [5.41, 5.74) is 7.78. The molecular weight excluding hydrogens is 315 g/mol. The van der Waals surface area contributed by atoms with Crippen LogP contribution in [0.2, 0.25) is 0 Å². The van der Waals surface area contributed by atoms with Crippen LogP contribution in [0.5, 0.6) is 11.5 Å². The number of ether oxygens (including phenoxy) is 1. The molecule has 0 bridgehead atoms. The van der Waals surface area contributed by atoms with Crippen LogP contribution in [0.15, 0.2) is 42.5 Å². The molecule has 0 radical (unpaired) electrons. The first-order valence-electron chi connectivity index (χ1n) is 9.19. The Morgan fingerprint density at radius 3 is 2.56 bits per heavy atom. The van der Waals surface area contributed by atoms with Gasteiger partial charge in [0.15, 0.2) is 11.6 Å². The number of para-hydroxylation sites is 1. The van der Waals surface area contributed by atoms with Gasteiger partial charge in [0.2, 0.25) is 0 Å². The molecule has 1 unspecified atom stereocenters. The predicted molar refractivity (Wildman–Crippen MR) is 99.4 cm³/mol. The predicted octanol–water partition coefficient (Wildman–Crippen LogP) is 4.57. The summed E-state index contributed by atoms with van der Waals surface area (Å²) >= 11 is 0. The Hall–Kier alpha value is -1.91. The minimum atomic E-state index is -0.315. The summed E-state index contributed by atoms with van der Waals surface area (Å²) in [5.74, 6) is 1.19. The Labute approximate surface area is 149 Å². The van der Waals surface area contributed by atoms with Crippen molar-refractivity contribution < 1.29 is 9.13 Å². The molecule has 1 saturated heterocycles. The molecule has 1 fully saturated rings. The molecule has 0 aliphatic carbocycles. The van der Waals surface area contributed by atoms with Crippen LogP contribution in [0.1, 0.15) is 43.4 Å². The van der Waals surface area contributed by atoms with Gasteiger partial charge in [0.25, 0.3) is 0 Å².